The van der Waals surface area contributed by atoms with E-state index in [0.29, 0.717) is 18.7 Å². The van der Waals surface area contributed by atoms with Gasteiger partial charge in [0, 0.05) is 30.6 Å². The zero-order valence-electron chi connectivity index (χ0n) is 16.2. The van der Waals surface area contributed by atoms with Crippen LogP contribution in [0.3, 0.4) is 0 Å². The third-order valence-electron chi connectivity index (χ3n) is 4.35. The predicted molar refractivity (Wildman–Crippen MR) is 104 cm³/mol. The number of rotatable bonds is 6. The smallest absolute Gasteiger partial charge is 0.254 e. The summed E-state index contributed by atoms with van der Waals surface area (Å²) in [6.45, 7) is 6.68. The van der Waals surface area contributed by atoms with Crippen molar-refractivity contribution in [3.05, 3.63) is 82.6 Å². The number of carbonyl (C=O) groups is 1. The van der Waals surface area contributed by atoms with E-state index in [0.717, 1.165) is 34.0 Å². The topological polar surface area (TPSA) is 55.6 Å². The first-order valence-electron chi connectivity index (χ1n) is 8.88. The molecule has 0 aliphatic rings. The number of aryl methyl sites for hydroxylation is 3. The average Bonchev–Trinajstić information content (AvgIpc) is 3.05. The van der Waals surface area contributed by atoms with Gasteiger partial charge in [0.1, 0.15) is 23.9 Å². The molecule has 2 aromatic heterocycles. The number of amides is 1. The second-order valence-corrected chi connectivity index (χ2v) is 6.76. The van der Waals surface area contributed by atoms with Crippen molar-refractivity contribution in [2.24, 2.45) is 0 Å². The summed E-state index contributed by atoms with van der Waals surface area (Å²) in [5.74, 6) is 2.37. The largest absolute Gasteiger partial charge is 0.488 e. The van der Waals surface area contributed by atoms with Crippen molar-refractivity contribution in [3.63, 3.8) is 0 Å². The molecule has 0 atom stereocenters. The molecule has 3 rings (SSSR count). The van der Waals surface area contributed by atoms with Gasteiger partial charge in [0.15, 0.2) is 0 Å². The van der Waals surface area contributed by atoms with E-state index < -0.39 is 0 Å². The summed E-state index contributed by atoms with van der Waals surface area (Å²) in [4.78, 5) is 18.5. The first-order valence-corrected chi connectivity index (χ1v) is 8.88. The molecule has 5 heteroatoms. The lowest BCUT2D eigenvalue weighted by Gasteiger charge is -2.18. The molecule has 0 radical (unpaired) electrons. The standard InChI is InChI=1S/C22H24N2O3/c1-15-10-19(22(25)24(4)13-20-8-7-17(3)27-20)11-16(2)21(15)26-14-18-6-5-9-23-12-18/h5-12H,13-14H2,1-4H3. The van der Waals surface area contributed by atoms with Gasteiger partial charge in [-0.1, -0.05) is 6.07 Å². The Morgan fingerprint density at radius 1 is 1.15 bits per heavy atom. The SMILES string of the molecule is Cc1ccc(CN(C)C(=O)c2cc(C)c(OCc3cccnc3)c(C)c2)o1. The second kappa shape index (κ2) is 8.08. The normalized spacial score (nSPS) is 10.7. The third kappa shape index (κ3) is 4.56. The van der Waals surface area contributed by atoms with Gasteiger partial charge in [0.05, 0.1) is 6.54 Å². The summed E-state index contributed by atoms with van der Waals surface area (Å²) in [6.07, 6.45) is 3.52. The second-order valence-electron chi connectivity index (χ2n) is 6.76. The minimum atomic E-state index is -0.0472. The van der Waals surface area contributed by atoms with E-state index in [1.807, 2.05) is 57.2 Å². The first kappa shape index (κ1) is 18.7. The summed E-state index contributed by atoms with van der Waals surface area (Å²) >= 11 is 0. The zero-order chi connectivity index (χ0) is 19.4. The molecular weight excluding hydrogens is 340 g/mol. The van der Waals surface area contributed by atoms with E-state index >= 15 is 0 Å². The van der Waals surface area contributed by atoms with Gasteiger partial charge in [0.2, 0.25) is 0 Å². The Morgan fingerprint density at radius 2 is 1.89 bits per heavy atom. The van der Waals surface area contributed by atoms with Crippen molar-refractivity contribution >= 4 is 5.91 Å². The number of benzene rings is 1. The van der Waals surface area contributed by atoms with Crippen LogP contribution in [-0.2, 0) is 13.2 Å². The van der Waals surface area contributed by atoms with E-state index in [-0.39, 0.29) is 5.91 Å². The highest BCUT2D eigenvalue weighted by atomic mass is 16.5. The molecule has 1 amide bonds. The number of ether oxygens (including phenoxy) is 1. The van der Waals surface area contributed by atoms with Crippen LogP contribution in [0.4, 0.5) is 0 Å². The predicted octanol–water partition coefficient (Wildman–Crippen LogP) is 4.45. The Bertz CT molecular complexity index is 909. The Morgan fingerprint density at radius 3 is 2.48 bits per heavy atom. The number of hydrogen-bond donors (Lipinski definition) is 0. The number of furan rings is 1. The van der Waals surface area contributed by atoms with Crippen molar-refractivity contribution in [1.82, 2.24) is 9.88 Å². The van der Waals surface area contributed by atoms with E-state index in [1.165, 1.54) is 0 Å². The van der Waals surface area contributed by atoms with Gasteiger partial charge in [-0.25, -0.2) is 0 Å². The molecule has 27 heavy (non-hydrogen) atoms. The van der Waals surface area contributed by atoms with E-state index in [2.05, 4.69) is 4.98 Å². The molecule has 0 aliphatic heterocycles. The number of pyridine rings is 1. The van der Waals surface area contributed by atoms with Crippen molar-refractivity contribution < 1.29 is 13.9 Å². The van der Waals surface area contributed by atoms with Gasteiger partial charge in [0.25, 0.3) is 5.91 Å². The van der Waals surface area contributed by atoms with Crippen LogP contribution in [0.5, 0.6) is 5.75 Å². The molecule has 0 fully saturated rings. The maximum absolute atomic E-state index is 12.8. The third-order valence-corrected chi connectivity index (χ3v) is 4.35. The lowest BCUT2D eigenvalue weighted by atomic mass is 10.0. The van der Waals surface area contributed by atoms with Gasteiger partial charge < -0.3 is 14.1 Å². The van der Waals surface area contributed by atoms with Crippen molar-refractivity contribution in [3.8, 4) is 5.75 Å². The van der Waals surface area contributed by atoms with Crippen molar-refractivity contribution in [1.29, 1.82) is 0 Å². The molecule has 3 aromatic rings. The van der Waals surface area contributed by atoms with Crippen LogP contribution in [0.25, 0.3) is 0 Å². The lowest BCUT2D eigenvalue weighted by Crippen LogP contribution is -2.26. The highest BCUT2D eigenvalue weighted by molar-refractivity contribution is 5.94. The molecule has 140 valence electrons. The molecule has 0 spiro atoms. The van der Waals surface area contributed by atoms with Gasteiger partial charge in [-0.05, 0) is 62.2 Å². The average molecular weight is 364 g/mol. The minimum absolute atomic E-state index is 0.0472. The van der Waals surface area contributed by atoms with Gasteiger partial charge in [-0.2, -0.15) is 0 Å². The zero-order valence-corrected chi connectivity index (χ0v) is 16.2. The summed E-state index contributed by atoms with van der Waals surface area (Å²) in [5, 5.41) is 0. The number of aromatic nitrogens is 1. The minimum Gasteiger partial charge on any atom is -0.488 e. The van der Waals surface area contributed by atoms with Crippen LogP contribution < -0.4 is 4.74 Å². The van der Waals surface area contributed by atoms with E-state index in [9.17, 15) is 4.79 Å². The molecule has 1 aromatic carbocycles. The van der Waals surface area contributed by atoms with E-state index in [1.54, 1.807) is 24.3 Å². The van der Waals surface area contributed by atoms with Crippen LogP contribution >= 0.6 is 0 Å². The fraction of sp³-hybridized carbons (Fsp3) is 0.273. The molecule has 5 nitrogen and oxygen atoms in total. The Hall–Kier alpha value is -3.08. The Kier molecular flexibility index (Phi) is 5.60. The van der Waals surface area contributed by atoms with Crippen LogP contribution in [0.15, 0.2) is 53.2 Å². The highest BCUT2D eigenvalue weighted by Crippen LogP contribution is 2.26. The summed E-state index contributed by atoms with van der Waals surface area (Å²) in [5.41, 5.74) is 3.52. The molecule has 0 aliphatic carbocycles. The summed E-state index contributed by atoms with van der Waals surface area (Å²) in [7, 11) is 1.78. The highest BCUT2D eigenvalue weighted by Gasteiger charge is 2.17. The number of nitrogens with zero attached hydrogens (tertiary/aromatic N) is 2. The summed E-state index contributed by atoms with van der Waals surface area (Å²) < 4.78 is 11.5. The van der Waals surface area contributed by atoms with Gasteiger partial charge >= 0.3 is 0 Å². The van der Waals surface area contributed by atoms with Crippen LogP contribution in [0.1, 0.15) is 38.6 Å². The number of carbonyl (C=O) groups excluding carboxylic acids is 1. The molecule has 0 saturated heterocycles. The molecule has 0 N–H and O–H groups in total. The molecule has 2 heterocycles. The quantitative estimate of drug-likeness (QED) is 0.648. The summed E-state index contributed by atoms with van der Waals surface area (Å²) in [6, 6.07) is 11.4. The Labute approximate surface area is 159 Å². The Balaban J connectivity index is 1.72. The molecular formula is C22H24N2O3. The van der Waals surface area contributed by atoms with Gasteiger partial charge in [-0.3, -0.25) is 9.78 Å². The van der Waals surface area contributed by atoms with Crippen LogP contribution in [0, 0.1) is 20.8 Å². The molecule has 0 bridgehead atoms. The molecule has 0 saturated carbocycles. The van der Waals surface area contributed by atoms with Crippen LogP contribution in [-0.4, -0.2) is 22.8 Å². The van der Waals surface area contributed by atoms with E-state index in [4.69, 9.17) is 9.15 Å². The monoisotopic (exact) mass is 364 g/mol. The lowest BCUT2D eigenvalue weighted by molar-refractivity contribution is 0.0774. The maximum Gasteiger partial charge on any atom is 0.254 e. The number of hydrogen-bond acceptors (Lipinski definition) is 4. The van der Waals surface area contributed by atoms with Crippen LogP contribution in [0.2, 0.25) is 0 Å². The van der Waals surface area contributed by atoms with Gasteiger partial charge in [-0.15, -0.1) is 0 Å². The molecule has 0 unspecified atom stereocenters. The first-order chi connectivity index (χ1) is 12.9. The maximum atomic E-state index is 12.8. The van der Waals surface area contributed by atoms with Crippen molar-refractivity contribution in [2.75, 3.05) is 7.05 Å². The van der Waals surface area contributed by atoms with Crippen molar-refractivity contribution in [2.45, 2.75) is 33.9 Å². The fourth-order valence-electron chi connectivity index (χ4n) is 3.04. The fourth-order valence-corrected chi connectivity index (χ4v) is 3.04.